The van der Waals surface area contributed by atoms with Crippen LogP contribution in [-0.4, -0.2) is 33.7 Å². The third kappa shape index (κ3) is 5.50. The lowest BCUT2D eigenvalue weighted by molar-refractivity contribution is -0.122. The van der Waals surface area contributed by atoms with Gasteiger partial charge in [0.25, 0.3) is 0 Å². The van der Waals surface area contributed by atoms with E-state index < -0.39 is 16.1 Å². The Bertz CT molecular complexity index is 973. The molecule has 2 atom stereocenters. The molecule has 0 aliphatic rings. The first kappa shape index (κ1) is 22.7. The molecule has 0 fully saturated rings. The van der Waals surface area contributed by atoms with Gasteiger partial charge >= 0.3 is 0 Å². The van der Waals surface area contributed by atoms with Gasteiger partial charge in [-0.1, -0.05) is 36.8 Å². The molecular weight excluding hydrogens is 388 g/mol. The first-order chi connectivity index (χ1) is 13.6. The number of hydrogen-bond acceptors (Lipinski definition) is 4. The van der Waals surface area contributed by atoms with Crippen molar-refractivity contribution in [3.05, 3.63) is 59.2 Å². The summed E-state index contributed by atoms with van der Waals surface area (Å²) in [5, 5.41) is 2.99. The van der Waals surface area contributed by atoms with Crippen LogP contribution >= 0.6 is 0 Å². The number of rotatable bonds is 8. The van der Waals surface area contributed by atoms with Gasteiger partial charge in [0.2, 0.25) is 15.9 Å². The molecule has 0 unspecified atom stereocenters. The summed E-state index contributed by atoms with van der Waals surface area (Å²) in [5.41, 5.74) is 3.59. The highest BCUT2D eigenvalue weighted by atomic mass is 32.2. The van der Waals surface area contributed by atoms with Crippen LogP contribution < -0.4 is 14.4 Å². The van der Waals surface area contributed by atoms with Crippen LogP contribution in [0.5, 0.6) is 5.75 Å². The van der Waals surface area contributed by atoms with Crippen LogP contribution in [-0.2, 0) is 14.8 Å². The maximum atomic E-state index is 13.1. The number of hydrogen-bond donors (Lipinski definition) is 1. The van der Waals surface area contributed by atoms with Crippen molar-refractivity contribution in [2.45, 2.75) is 46.2 Å². The van der Waals surface area contributed by atoms with E-state index in [0.29, 0.717) is 17.9 Å². The van der Waals surface area contributed by atoms with E-state index in [0.717, 1.165) is 22.9 Å². The predicted molar refractivity (Wildman–Crippen MR) is 117 cm³/mol. The SMILES string of the molecule is CC[C@H](C(=O)N[C@H](C)c1cc(C)ccc1C)N(c1cccc(OC)c1)S(C)(=O)=O. The molecule has 7 heteroatoms. The lowest BCUT2D eigenvalue weighted by atomic mass is 9.99. The smallest absolute Gasteiger partial charge is 0.244 e. The normalized spacial score (nSPS) is 13.4. The van der Waals surface area contributed by atoms with Crippen molar-refractivity contribution in [2.75, 3.05) is 17.7 Å². The second kappa shape index (κ2) is 9.31. The molecular formula is C22H30N2O4S. The summed E-state index contributed by atoms with van der Waals surface area (Å²) in [4.78, 5) is 13.1. The number of carbonyl (C=O) groups is 1. The fraction of sp³-hybridized carbons (Fsp3) is 0.409. The van der Waals surface area contributed by atoms with Crippen LogP contribution in [0.2, 0.25) is 0 Å². The van der Waals surface area contributed by atoms with Crippen LogP contribution in [0.15, 0.2) is 42.5 Å². The number of carbonyl (C=O) groups excluding carboxylic acids is 1. The van der Waals surface area contributed by atoms with Gasteiger partial charge in [-0.15, -0.1) is 0 Å². The molecule has 158 valence electrons. The molecule has 6 nitrogen and oxygen atoms in total. The Balaban J connectivity index is 2.36. The number of methoxy groups -OCH3 is 1. The van der Waals surface area contributed by atoms with Gasteiger partial charge in [-0.3, -0.25) is 9.10 Å². The van der Waals surface area contributed by atoms with Gasteiger partial charge in [0.05, 0.1) is 25.1 Å². The largest absolute Gasteiger partial charge is 0.497 e. The van der Waals surface area contributed by atoms with Crippen LogP contribution in [0.25, 0.3) is 0 Å². The van der Waals surface area contributed by atoms with Gasteiger partial charge in [-0.05, 0) is 50.5 Å². The standard InChI is InChI=1S/C22H30N2O4S/c1-7-21(22(25)23-17(4)20-13-15(2)11-12-16(20)3)24(29(6,26)27)18-9-8-10-19(14-18)28-5/h8-14,17,21H,7H2,1-6H3,(H,23,25)/t17-,21-/m1/s1. The Morgan fingerprint density at radius 1 is 1.17 bits per heavy atom. The number of anilines is 1. The fourth-order valence-electron chi connectivity index (χ4n) is 3.42. The average Bonchev–Trinajstić information content (AvgIpc) is 2.66. The summed E-state index contributed by atoms with van der Waals surface area (Å²) in [6.45, 7) is 7.70. The third-order valence-electron chi connectivity index (χ3n) is 4.90. The summed E-state index contributed by atoms with van der Waals surface area (Å²) >= 11 is 0. The Labute approximate surface area is 173 Å². The maximum Gasteiger partial charge on any atom is 0.244 e. The molecule has 0 saturated carbocycles. The van der Waals surface area contributed by atoms with Crippen LogP contribution in [0, 0.1) is 13.8 Å². The minimum absolute atomic E-state index is 0.247. The molecule has 0 aromatic heterocycles. The molecule has 2 rings (SSSR count). The molecule has 2 aromatic rings. The fourth-order valence-corrected chi connectivity index (χ4v) is 4.63. The van der Waals surface area contributed by atoms with Gasteiger partial charge in [0, 0.05) is 6.07 Å². The predicted octanol–water partition coefficient (Wildman–Crippen LogP) is 3.73. The number of amides is 1. The lowest BCUT2D eigenvalue weighted by Crippen LogP contribution is -2.49. The first-order valence-electron chi connectivity index (χ1n) is 9.59. The number of benzene rings is 2. The maximum absolute atomic E-state index is 13.1. The number of nitrogens with zero attached hydrogens (tertiary/aromatic N) is 1. The second-order valence-electron chi connectivity index (χ2n) is 7.27. The first-order valence-corrected chi connectivity index (χ1v) is 11.4. The van der Waals surface area contributed by atoms with Crippen molar-refractivity contribution in [3.8, 4) is 5.75 Å². The van der Waals surface area contributed by atoms with Gasteiger partial charge in [-0.25, -0.2) is 8.42 Å². The number of sulfonamides is 1. The van der Waals surface area contributed by atoms with E-state index in [1.165, 1.54) is 11.4 Å². The highest BCUT2D eigenvalue weighted by Crippen LogP contribution is 2.27. The minimum atomic E-state index is -3.70. The molecule has 29 heavy (non-hydrogen) atoms. The average molecular weight is 419 g/mol. The molecule has 0 saturated heterocycles. The quantitative estimate of drug-likeness (QED) is 0.709. The van der Waals surface area contributed by atoms with Crippen LogP contribution in [0.1, 0.15) is 43.0 Å². The molecule has 0 radical (unpaired) electrons. The molecule has 2 aromatic carbocycles. The summed E-state index contributed by atoms with van der Waals surface area (Å²) in [5.74, 6) is 0.185. The summed E-state index contributed by atoms with van der Waals surface area (Å²) in [7, 11) is -2.18. The van der Waals surface area contributed by atoms with Gasteiger partial charge < -0.3 is 10.1 Å². The Morgan fingerprint density at radius 2 is 1.86 bits per heavy atom. The number of nitrogens with one attached hydrogen (secondary N) is 1. The van der Waals surface area contributed by atoms with Crippen molar-refractivity contribution in [1.29, 1.82) is 0 Å². The molecule has 0 aliphatic carbocycles. The van der Waals surface area contributed by atoms with Crippen LogP contribution in [0.4, 0.5) is 5.69 Å². The van der Waals surface area contributed by atoms with Crippen molar-refractivity contribution < 1.29 is 17.9 Å². The molecule has 1 N–H and O–H groups in total. The minimum Gasteiger partial charge on any atom is -0.497 e. The Hall–Kier alpha value is -2.54. The van der Waals surface area contributed by atoms with E-state index in [-0.39, 0.29) is 11.9 Å². The van der Waals surface area contributed by atoms with Crippen molar-refractivity contribution in [3.63, 3.8) is 0 Å². The van der Waals surface area contributed by atoms with E-state index in [1.807, 2.05) is 39.0 Å². The zero-order chi connectivity index (χ0) is 21.8. The van der Waals surface area contributed by atoms with Crippen LogP contribution in [0.3, 0.4) is 0 Å². The molecule has 1 amide bonds. The van der Waals surface area contributed by atoms with E-state index in [2.05, 4.69) is 5.32 Å². The number of ether oxygens (including phenoxy) is 1. The lowest BCUT2D eigenvalue weighted by Gasteiger charge is -2.31. The molecule has 0 aliphatic heterocycles. The second-order valence-corrected chi connectivity index (χ2v) is 9.13. The van der Waals surface area contributed by atoms with E-state index in [4.69, 9.17) is 4.74 Å². The van der Waals surface area contributed by atoms with E-state index >= 15 is 0 Å². The summed E-state index contributed by atoms with van der Waals surface area (Å²) in [6, 6.07) is 11.7. The zero-order valence-corrected chi connectivity index (χ0v) is 18.7. The van der Waals surface area contributed by atoms with Gasteiger partial charge in [0.15, 0.2) is 0 Å². The Morgan fingerprint density at radius 3 is 2.45 bits per heavy atom. The zero-order valence-electron chi connectivity index (χ0n) is 17.9. The monoisotopic (exact) mass is 418 g/mol. The van der Waals surface area contributed by atoms with E-state index in [9.17, 15) is 13.2 Å². The van der Waals surface area contributed by atoms with Crippen molar-refractivity contribution in [2.24, 2.45) is 0 Å². The molecule has 0 bridgehead atoms. The third-order valence-corrected chi connectivity index (χ3v) is 6.08. The van der Waals surface area contributed by atoms with E-state index in [1.54, 1.807) is 31.2 Å². The van der Waals surface area contributed by atoms with Gasteiger partial charge in [0.1, 0.15) is 11.8 Å². The van der Waals surface area contributed by atoms with Crippen molar-refractivity contribution in [1.82, 2.24) is 5.32 Å². The topological polar surface area (TPSA) is 75.7 Å². The number of aryl methyl sites for hydroxylation is 2. The van der Waals surface area contributed by atoms with Gasteiger partial charge in [-0.2, -0.15) is 0 Å². The summed E-state index contributed by atoms with van der Waals surface area (Å²) < 4.78 is 31.6. The van der Waals surface area contributed by atoms with Crippen molar-refractivity contribution >= 4 is 21.6 Å². The molecule has 0 heterocycles. The molecule has 0 spiro atoms. The highest BCUT2D eigenvalue weighted by Gasteiger charge is 2.32. The summed E-state index contributed by atoms with van der Waals surface area (Å²) in [6.07, 6.45) is 1.44. The Kier molecular flexibility index (Phi) is 7.30. The highest BCUT2D eigenvalue weighted by molar-refractivity contribution is 7.92.